The maximum absolute atomic E-state index is 13.1. The zero-order valence-corrected chi connectivity index (χ0v) is 18.0. The van der Waals surface area contributed by atoms with Gasteiger partial charge in [0, 0.05) is 17.5 Å². The molecular weight excluding hydrogens is 396 g/mol. The van der Waals surface area contributed by atoms with Gasteiger partial charge in [-0.2, -0.15) is 0 Å². The first-order valence-electron chi connectivity index (χ1n) is 10.1. The zero-order valence-electron chi connectivity index (χ0n) is 18.0. The summed E-state index contributed by atoms with van der Waals surface area (Å²) in [4.78, 5) is 13.1. The van der Waals surface area contributed by atoms with E-state index in [9.17, 15) is 25.2 Å². The van der Waals surface area contributed by atoms with Crippen molar-refractivity contribution in [2.75, 3.05) is 0 Å². The van der Waals surface area contributed by atoms with Crippen LogP contribution in [0.3, 0.4) is 0 Å². The highest BCUT2D eigenvalue weighted by atomic mass is 16.5. The molecule has 6 heteroatoms. The maximum Gasteiger partial charge on any atom is 0.174 e. The highest BCUT2D eigenvalue weighted by Gasteiger charge is 2.36. The molecule has 164 valence electrons. The van der Waals surface area contributed by atoms with Crippen molar-refractivity contribution in [3.05, 3.63) is 70.3 Å². The van der Waals surface area contributed by atoms with Crippen LogP contribution in [0.1, 0.15) is 60.3 Å². The Bertz CT molecular complexity index is 1040. The Kier molecular flexibility index (Phi) is 6.41. The molecule has 0 aliphatic carbocycles. The van der Waals surface area contributed by atoms with E-state index < -0.39 is 12.2 Å². The average molecular weight is 424 g/mol. The molecular formula is C25H28O6. The highest BCUT2D eigenvalue weighted by molar-refractivity contribution is 6.04. The van der Waals surface area contributed by atoms with Crippen molar-refractivity contribution in [2.45, 2.75) is 52.2 Å². The summed E-state index contributed by atoms with van der Waals surface area (Å²) >= 11 is 0. The molecule has 0 amide bonds. The van der Waals surface area contributed by atoms with E-state index in [1.807, 2.05) is 19.9 Å². The molecule has 31 heavy (non-hydrogen) atoms. The van der Waals surface area contributed by atoms with Gasteiger partial charge in [-0.15, -0.1) is 0 Å². The van der Waals surface area contributed by atoms with Gasteiger partial charge in [0.25, 0.3) is 0 Å². The van der Waals surface area contributed by atoms with Crippen molar-refractivity contribution in [1.29, 1.82) is 0 Å². The Balaban J connectivity index is 2.15. The number of aliphatic hydroxyl groups excluding tert-OH is 1. The number of allylic oxidation sites excluding steroid dienone is 2. The Morgan fingerprint density at radius 3 is 2.35 bits per heavy atom. The normalized spacial score (nSPS) is 16.3. The van der Waals surface area contributed by atoms with Crippen LogP contribution in [0.5, 0.6) is 23.0 Å². The van der Waals surface area contributed by atoms with Crippen LogP contribution in [0.2, 0.25) is 0 Å². The van der Waals surface area contributed by atoms with Crippen molar-refractivity contribution in [1.82, 2.24) is 0 Å². The lowest BCUT2D eigenvalue weighted by molar-refractivity contribution is 0.0841. The molecule has 1 unspecified atom stereocenters. The van der Waals surface area contributed by atoms with Crippen molar-refractivity contribution >= 4 is 5.78 Å². The minimum Gasteiger partial charge on any atom is -0.508 e. The smallest absolute Gasteiger partial charge is 0.174 e. The molecule has 0 aromatic heterocycles. The van der Waals surface area contributed by atoms with Crippen LogP contribution in [0, 0.1) is 0 Å². The number of aromatic hydroxyl groups is 3. The molecule has 0 radical (unpaired) electrons. The first kappa shape index (κ1) is 22.4. The second kappa shape index (κ2) is 8.86. The highest BCUT2D eigenvalue weighted by Crippen LogP contribution is 2.48. The largest absolute Gasteiger partial charge is 0.508 e. The summed E-state index contributed by atoms with van der Waals surface area (Å²) in [5.74, 6) is -0.639. The number of carbonyl (C=O) groups is 1. The van der Waals surface area contributed by atoms with Crippen LogP contribution < -0.4 is 4.74 Å². The van der Waals surface area contributed by atoms with E-state index in [1.165, 1.54) is 12.1 Å². The van der Waals surface area contributed by atoms with E-state index >= 15 is 0 Å². The first-order chi connectivity index (χ1) is 14.6. The predicted molar refractivity (Wildman–Crippen MR) is 118 cm³/mol. The summed E-state index contributed by atoms with van der Waals surface area (Å²) < 4.78 is 6.13. The lowest BCUT2D eigenvalue weighted by atomic mass is 9.88. The Labute approximate surface area is 181 Å². The summed E-state index contributed by atoms with van der Waals surface area (Å²) in [5.41, 5.74) is 2.71. The third kappa shape index (κ3) is 4.59. The second-order valence-electron chi connectivity index (χ2n) is 8.24. The van der Waals surface area contributed by atoms with Crippen LogP contribution >= 0.6 is 0 Å². The van der Waals surface area contributed by atoms with Crippen LogP contribution in [0.15, 0.2) is 48.1 Å². The van der Waals surface area contributed by atoms with Gasteiger partial charge in [-0.1, -0.05) is 35.9 Å². The molecule has 1 heterocycles. The summed E-state index contributed by atoms with van der Waals surface area (Å²) in [7, 11) is 0. The van der Waals surface area contributed by atoms with Gasteiger partial charge in [-0.3, -0.25) is 4.79 Å². The molecule has 6 nitrogen and oxygen atoms in total. The molecule has 0 fully saturated rings. The molecule has 2 aromatic carbocycles. The van der Waals surface area contributed by atoms with E-state index in [0.29, 0.717) is 23.1 Å². The minimum absolute atomic E-state index is 0.000670. The van der Waals surface area contributed by atoms with Crippen LogP contribution in [0.25, 0.3) is 0 Å². The lowest BCUT2D eigenvalue weighted by Crippen LogP contribution is -2.23. The Morgan fingerprint density at radius 1 is 1.13 bits per heavy atom. The fourth-order valence-corrected chi connectivity index (χ4v) is 3.59. The molecule has 0 saturated heterocycles. The number of benzene rings is 2. The summed E-state index contributed by atoms with van der Waals surface area (Å²) in [6.45, 7) is 9.20. The summed E-state index contributed by atoms with van der Waals surface area (Å²) in [5, 5.41) is 41.6. The molecule has 2 atom stereocenters. The fourth-order valence-electron chi connectivity index (χ4n) is 3.59. The Morgan fingerprint density at radius 2 is 1.77 bits per heavy atom. The monoisotopic (exact) mass is 424 g/mol. The third-order valence-electron chi connectivity index (χ3n) is 5.45. The number of phenolic OH excluding ortho intramolecular Hbond substituents is 3. The van der Waals surface area contributed by atoms with Gasteiger partial charge in [-0.25, -0.2) is 0 Å². The van der Waals surface area contributed by atoms with Gasteiger partial charge < -0.3 is 25.2 Å². The number of rotatable bonds is 6. The van der Waals surface area contributed by atoms with Crippen molar-refractivity contribution < 1.29 is 30.0 Å². The second-order valence-corrected chi connectivity index (χ2v) is 8.24. The number of ketones is 1. The zero-order chi connectivity index (χ0) is 22.9. The average Bonchev–Trinajstić information content (AvgIpc) is 2.70. The van der Waals surface area contributed by atoms with Crippen molar-refractivity contribution in [3.8, 4) is 23.0 Å². The summed E-state index contributed by atoms with van der Waals surface area (Å²) in [6, 6.07) is 6.37. The molecule has 0 spiro atoms. The molecule has 1 aliphatic rings. The van der Waals surface area contributed by atoms with Gasteiger partial charge >= 0.3 is 0 Å². The van der Waals surface area contributed by atoms with Crippen LogP contribution in [0.4, 0.5) is 0 Å². The standard InChI is InChI=1S/C25H28O6/c1-13(2)5-10-17-23(29)18(11-19(27)14(3)4)24(30)22-20(28)12-21(31-25(17)22)15-6-8-16(26)9-7-15/h5-9,19,21,26-27,29-30H,3,10-12H2,1-2,4H3/t19?,21-/m0/s1. The van der Waals surface area contributed by atoms with E-state index in [2.05, 4.69) is 6.58 Å². The first-order valence-corrected chi connectivity index (χ1v) is 10.1. The molecule has 1 aliphatic heterocycles. The van der Waals surface area contributed by atoms with E-state index in [4.69, 9.17) is 4.74 Å². The van der Waals surface area contributed by atoms with Gasteiger partial charge in [0.15, 0.2) is 5.78 Å². The number of carbonyl (C=O) groups excluding carboxylic acids is 1. The number of hydrogen-bond donors (Lipinski definition) is 4. The molecule has 3 rings (SSSR count). The van der Waals surface area contributed by atoms with E-state index in [0.717, 1.165) is 5.57 Å². The maximum atomic E-state index is 13.1. The van der Waals surface area contributed by atoms with Crippen LogP contribution in [-0.4, -0.2) is 32.3 Å². The molecule has 2 aromatic rings. The number of phenols is 3. The van der Waals surface area contributed by atoms with Crippen molar-refractivity contribution in [2.24, 2.45) is 0 Å². The number of Topliss-reactive ketones (excluding diaryl/α,β-unsaturated/α-hetero) is 1. The van der Waals surface area contributed by atoms with E-state index in [1.54, 1.807) is 19.1 Å². The van der Waals surface area contributed by atoms with Gasteiger partial charge in [-0.05, 0) is 44.9 Å². The van der Waals surface area contributed by atoms with Gasteiger partial charge in [0.05, 0.1) is 12.5 Å². The molecule has 0 bridgehead atoms. The van der Waals surface area contributed by atoms with E-state index in [-0.39, 0.29) is 52.7 Å². The predicted octanol–water partition coefficient (Wildman–Crippen LogP) is 4.50. The number of hydrogen-bond acceptors (Lipinski definition) is 6. The van der Waals surface area contributed by atoms with Crippen LogP contribution in [-0.2, 0) is 12.8 Å². The summed E-state index contributed by atoms with van der Waals surface area (Å²) in [6.07, 6.45) is 0.524. The number of aliphatic hydroxyl groups is 1. The number of ether oxygens (including phenoxy) is 1. The van der Waals surface area contributed by atoms with Gasteiger partial charge in [0.2, 0.25) is 0 Å². The quantitative estimate of drug-likeness (QED) is 0.509. The molecule has 0 saturated carbocycles. The molecule has 4 N–H and O–H groups in total. The van der Waals surface area contributed by atoms with Crippen molar-refractivity contribution in [3.63, 3.8) is 0 Å². The van der Waals surface area contributed by atoms with Gasteiger partial charge in [0.1, 0.15) is 34.7 Å². The topological polar surface area (TPSA) is 107 Å². The number of fused-ring (bicyclic) bond motifs is 1. The SMILES string of the molecule is C=C(C)C(O)Cc1c(O)c(CC=C(C)C)c2c(c1O)C(=O)C[C@@H](c1ccc(O)cc1)O2. The third-order valence-corrected chi connectivity index (χ3v) is 5.45. The Hall–Kier alpha value is -3.25. The fraction of sp³-hybridized carbons (Fsp3) is 0.320. The lowest BCUT2D eigenvalue weighted by Gasteiger charge is -2.30. The minimum atomic E-state index is -0.976.